The number of hydrogen-bond acceptors (Lipinski definition) is 4. The highest BCUT2D eigenvalue weighted by Crippen LogP contribution is 2.13. The minimum atomic E-state index is -1.09. The molecule has 15 heavy (non-hydrogen) atoms. The molecule has 0 unspecified atom stereocenters. The number of thiophene rings is 1. The minimum absolute atomic E-state index is 0.267. The standard InChI is InChI=1S/C11H10N2OS/c12-7-9(8-13)11(14)5-1-3-10-4-2-6-15-10/h2,4,6,9H,1,3,5H2. The fraction of sp³-hybridized carbons (Fsp3) is 0.364. The second kappa shape index (κ2) is 5.95. The quantitative estimate of drug-likeness (QED) is 0.761. The molecule has 3 nitrogen and oxygen atoms in total. The Kier molecular flexibility index (Phi) is 4.53. The molecule has 0 bridgehead atoms. The topological polar surface area (TPSA) is 64.7 Å². The van der Waals surface area contributed by atoms with Crippen LogP contribution in [0.2, 0.25) is 0 Å². The van der Waals surface area contributed by atoms with Gasteiger partial charge in [0.15, 0.2) is 11.7 Å². The first-order valence-electron chi connectivity index (χ1n) is 4.62. The Bertz CT molecular complexity index is 383. The molecule has 0 saturated heterocycles. The van der Waals surface area contributed by atoms with Crippen molar-refractivity contribution in [2.45, 2.75) is 19.3 Å². The molecule has 0 atom stereocenters. The van der Waals surface area contributed by atoms with E-state index in [1.54, 1.807) is 23.5 Å². The third-order valence-electron chi connectivity index (χ3n) is 2.01. The Morgan fingerprint density at radius 3 is 2.73 bits per heavy atom. The summed E-state index contributed by atoms with van der Waals surface area (Å²) < 4.78 is 0. The fourth-order valence-electron chi connectivity index (χ4n) is 1.21. The second-order valence-electron chi connectivity index (χ2n) is 3.09. The molecule has 0 N–H and O–H groups in total. The molecule has 0 aliphatic carbocycles. The predicted molar refractivity (Wildman–Crippen MR) is 57.0 cm³/mol. The first-order chi connectivity index (χ1) is 7.27. The number of aryl methyl sites for hydroxylation is 1. The Morgan fingerprint density at radius 2 is 2.20 bits per heavy atom. The summed E-state index contributed by atoms with van der Waals surface area (Å²) in [7, 11) is 0. The van der Waals surface area contributed by atoms with E-state index >= 15 is 0 Å². The zero-order valence-corrected chi connectivity index (χ0v) is 8.96. The van der Waals surface area contributed by atoms with Crippen LogP contribution >= 0.6 is 11.3 Å². The van der Waals surface area contributed by atoms with Crippen molar-refractivity contribution in [3.05, 3.63) is 22.4 Å². The van der Waals surface area contributed by atoms with E-state index in [1.165, 1.54) is 4.88 Å². The van der Waals surface area contributed by atoms with Crippen LogP contribution in [0.25, 0.3) is 0 Å². The molecule has 0 aliphatic heterocycles. The van der Waals surface area contributed by atoms with Crippen molar-refractivity contribution in [1.29, 1.82) is 10.5 Å². The van der Waals surface area contributed by atoms with E-state index < -0.39 is 5.92 Å². The third kappa shape index (κ3) is 3.53. The monoisotopic (exact) mass is 218 g/mol. The van der Waals surface area contributed by atoms with Gasteiger partial charge in [-0.15, -0.1) is 11.3 Å². The van der Waals surface area contributed by atoms with Crippen LogP contribution in [0.4, 0.5) is 0 Å². The van der Waals surface area contributed by atoms with Gasteiger partial charge in [0.05, 0.1) is 12.1 Å². The van der Waals surface area contributed by atoms with E-state index in [0.29, 0.717) is 12.8 Å². The van der Waals surface area contributed by atoms with Gasteiger partial charge in [-0.25, -0.2) is 0 Å². The molecule has 0 radical (unpaired) electrons. The molecule has 0 saturated carbocycles. The maximum atomic E-state index is 11.3. The van der Waals surface area contributed by atoms with E-state index in [0.717, 1.165) is 6.42 Å². The van der Waals surface area contributed by atoms with Gasteiger partial charge in [0.25, 0.3) is 0 Å². The van der Waals surface area contributed by atoms with Crippen LogP contribution in [0, 0.1) is 28.6 Å². The average molecular weight is 218 g/mol. The highest BCUT2D eigenvalue weighted by molar-refractivity contribution is 7.09. The van der Waals surface area contributed by atoms with Gasteiger partial charge in [0.1, 0.15) is 0 Å². The molecule has 1 aromatic rings. The highest BCUT2D eigenvalue weighted by atomic mass is 32.1. The normalized spacial score (nSPS) is 9.53. The molecule has 1 heterocycles. The molecule has 0 aromatic carbocycles. The second-order valence-corrected chi connectivity index (χ2v) is 4.12. The van der Waals surface area contributed by atoms with Gasteiger partial charge in [0.2, 0.25) is 0 Å². The van der Waals surface area contributed by atoms with Crippen LogP contribution in [0.15, 0.2) is 17.5 Å². The number of ketones is 1. The van der Waals surface area contributed by atoms with Gasteiger partial charge in [-0.3, -0.25) is 4.79 Å². The number of hydrogen-bond donors (Lipinski definition) is 0. The zero-order chi connectivity index (χ0) is 11.1. The first-order valence-corrected chi connectivity index (χ1v) is 5.50. The number of nitriles is 2. The van der Waals surface area contributed by atoms with Crippen molar-refractivity contribution in [2.24, 2.45) is 5.92 Å². The molecule has 0 amide bonds. The van der Waals surface area contributed by atoms with Gasteiger partial charge in [-0.2, -0.15) is 10.5 Å². The van der Waals surface area contributed by atoms with E-state index in [2.05, 4.69) is 0 Å². The van der Waals surface area contributed by atoms with Gasteiger partial charge in [-0.05, 0) is 24.3 Å². The van der Waals surface area contributed by atoms with E-state index in [4.69, 9.17) is 10.5 Å². The molecule has 76 valence electrons. The average Bonchev–Trinajstić information content (AvgIpc) is 2.72. The summed E-state index contributed by atoms with van der Waals surface area (Å²) in [6.07, 6.45) is 1.86. The number of carbonyl (C=O) groups is 1. The Morgan fingerprint density at radius 1 is 1.47 bits per heavy atom. The van der Waals surface area contributed by atoms with Crippen molar-refractivity contribution in [3.8, 4) is 12.1 Å². The Labute approximate surface area is 92.6 Å². The zero-order valence-electron chi connectivity index (χ0n) is 8.14. The van der Waals surface area contributed by atoms with Crippen LogP contribution in [0.1, 0.15) is 17.7 Å². The number of nitrogens with zero attached hydrogens (tertiary/aromatic N) is 2. The summed E-state index contributed by atoms with van der Waals surface area (Å²) in [5.41, 5.74) is 0. The summed E-state index contributed by atoms with van der Waals surface area (Å²) in [5, 5.41) is 19.0. The molecule has 0 spiro atoms. The molecule has 4 heteroatoms. The maximum Gasteiger partial charge on any atom is 0.191 e. The van der Waals surface area contributed by atoms with Crippen LogP contribution in [0.3, 0.4) is 0 Å². The van der Waals surface area contributed by atoms with Gasteiger partial charge in [-0.1, -0.05) is 6.07 Å². The highest BCUT2D eigenvalue weighted by Gasteiger charge is 2.15. The molecule has 0 fully saturated rings. The maximum absolute atomic E-state index is 11.3. The van der Waals surface area contributed by atoms with Crippen LogP contribution < -0.4 is 0 Å². The summed E-state index contributed by atoms with van der Waals surface area (Å²) in [4.78, 5) is 12.5. The number of Topliss-reactive ketones (excluding diaryl/α,β-unsaturated/α-hetero) is 1. The third-order valence-corrected chi connectivity index (χ3v) is 2.94. The molecule has 0 aliphatic rings. The van der Waals surface area contributed by atoms with Crippen molar-refractivity contribution in [3.63, 3.8) is 0 Å². The van der Waals surface area contributed by atoms with Crippen molar-refractivity contribution in [1.82, 2.24) is 0 Å². The molecular weight excluding hydrogens is 208 g/mol. The smallest absolute Gasteiger partial charge is 0.191 e. The van der Waals surface area contributed by atoms with Crippen molar-refractivity contribution in [2.75, 3.05) is 0 Å². The summed E-state index contributed by atoms with van der Waals surface area (Å²) in [5.74, 6) is -1.36. The lowest BCUT2D eigenvalue weighted by molar-refractivity contribution is -0.120. The van der Waals surface area contributed by atoms with E-state index in [9.17, 15) is 4.79 Å². The Hall–Kier alpha value is -1.65. The molecular formula is C11H10N2OS. The molecule has 1 rings (SSSR count). The van der Waals surface area contributed by atoms with E-state index in [-0.39, 0.29) is 5.78 Å². The van der Waals surface area contributed by atoms with Gasteiger partial charge < -0.3 is 0 Å². The predicted octanol–water partition coefficient (Wildman–Crippen LogP) is 2.30. The lowest BCUT2D eigenvalue weighted by Crippen LogP contribution is -2.10. The van der Waals surface area contributed by atoms with E-state index in [1.807, 2.05) is 17.5 Å². The van der Waals surface area contributed by atoms with Gasteiger partial charge >= 0.3 is 0 Å². The van der Waals surface area contributed by atoms with Crippen molar-refractivity contribution >= 4 is 17.1 Å². The minimum Gasteiger partial charge on any atom is -0.297 e. The summed E-state index contributed by atoms with van der Waals surface area (Å²) >= 11 is 1.65. The van der Waals surface area contributed by atoms with Crippen LogP contribution in [-0.2, 0) is 11.2 Å². The largest absolute Gasteiger partial charge is 0.297 e. The lowest BCUT2D eigenvalue weighted by Gasteiger charge is -1.98. The lowest BCUT2D eigenvalue weighted by atomic mass is 10.0. The number of rotatable bonds is 5. The van der Waals surface area contributed by atoms with Crippen molar-refractivity contribution < 1.29 is 4.79 Å². The van der Waals surface area contributed by atoms with Crippen LogP contribution in [-0.4, -0.2) is 5.78 Å². The van der Waals surface area contributed by atoms with Gasteiger partial charge in [0, 0.05) is 11.3 Å². The SMILES string of the molecule is N#CC(C#N)C(=O)CCCc1cccs1. The fourth-order valence-corrected chi connectivity index (χ4v) is 1.96. The Balaban J connectivity index is 2.30. The summed E-state index contributed by atoms with van der Waals surface area (Å²) in [6.45, 7) is 0. The first kappa shape index (κ1) is 11.4. The summed E-state index contributed by atoms with van der Waals surface area (Å²) in [6, 6.07) is 7.36. The number of carbonyl (C=O) groups excluding carboxylic acids is 1. The van der Waals surface area contributed by atoms with Crippen LogP contribution in [0.5, 0.6) is 0 Å². The molecule has 1 aromatic heterocycles.